The molecule has 0 bridgehead atoms. The van der Waals surface area contributed by atoms with Crippen LogP contribution in [0.5, 0.6) is 11.5 Å². The Bertz CT molecular complexity index is 1310. The number of hydrogen-bond donors (Lipinski definition) is 2. The van der Waals surface area contributed by atoms with Gasteiger partial charge in [0.1, 0.15) is 5.70 Å². The SMILES string of the molecule is COc1ccc(C(=O)N/C(=C\c2cccs2)C(=O)NCc2ccc(-n3ccnc3)cc2)cc1OC. The molecule has 4 rings (SSSR count). The molecule has 0 aliphatic rings. The average Bonchev–Trinajstić information content (AvgIpc) is 3.61. The molecule has 0 spiro atoms. The fourth-order valence-electron chi connectivity index (χ4n) is 3.32. The molecule has 0 radical (unpaired) electrons. The third kappa shape index (κ3) is 5.96. The first-order chi connectivity index (χ1) is 17.1. The van der Waals surface area contributed by atoms with E-state index >= 15 is 0 Å². The maximum absolute atomic E-state index is 13.0. The van der Waals surface area contributed by atoms with Gasteiger partial charge >= 0.3 is 0 Å². The summed E-state index contributed by atoms with van der Waals surface area (Å²) in [7, 11) is 3.02. The number of imidazole rings is 1. The predicted molar refractivity (Wildman–Crippen MR) is 135 cm³/mol. The standard InChI is InChI=1S/C26H24N4O4S/c1-33-23-10-7-19(14-24(23)34-2)25(31)29-22(15-21-4-3-13-35-21)26(32)28-16-18-5-8-20(9-6-18)30-12-11-27-17-30/h3-15,17H,16H2,1-2H3,(H,28,32)(H,29,31)/b22-15-. The Kier molecular flexibility index (Phi) is 7.59. The van der Waals surface area contributed by atoms with Crippen LogP contribution in [0.4, 0.5) is 0 Å². The van der Waals surface area contributed by atoms with Crippen molar-refractivity contribution in [2.24, 2.45) is 0 Å². The number of carbonyl (C=O) groups is 2. The number of hydrogen-bond acceptors (Lipinski definition) is 6. The zero-order chi connectivity index (χ0) is 24.6. The third-order valence-electron chi connectivity index (χ3n) is 5.16. The lowest BCUT2D eigenvalue weighted by molar-refractivity contribution is -0.117. The summed E-state index contributed by atoms with van der Waals surface area (Å²) < 4.78 is 12.4. The minimum Gasteiger partial charge on any atom is -0.493 e. The largest absolute Gasteiger partial charge is 0.493 e. The molecule has 2 N–H and O–H groups in total. The zero-order valence-corrected chi connectivity index (χ0v) is 20.0. The molecule has 0 unspecified atom stereocenters. The molecule has 35 heavy (non-hydrogen) atoms. The molecule has 0 saturated carbocycles. The summed E-state index contributed by atoms with van der Waals surface area (Å²) in [4.78, 5) is 30.9. The highest BCUT2D eigenvalue weighted by atomic mass is 32.1. The zero-order valence-electron chi connectivity index (χ0n) is 19.2. The van der Waals surface area contributed by atoms with Crippen molar-refractivity contribution in [3.63, 3.8) is 0 Å². The smallest absolute Gasteiger partial charge is 0.268 e. The summed E-state index contributed by atoms with van der Waals surface area (Å²) in [5.74, 6) is 0.0993. The molecule has 0 saturated heterocycles. The van der Waals surface area contributed by atoms with Gasteiger partial charge in [0.25, 0.3) is 11.8 Å². The number of thiophene rings is 1. The average molecular weight is 489 g/mol. The Morgan fingerprint density at radius 1 is 1.06 bits per heavy atom. The Balaban J connectivity index is 1.47. The number of nitrogens with one attached hydrogen (secondary N) is 2. The lowest BCUT2D eigenvalue weighted by atomic mass is 10.1. The van der Waals surface area contributed by atoms with Crippen LogP contribution in [0.15, 0.2) is 84.4 Å². The fourth-order valence-corrected chi connectivity index (χ4v) is 3.98. The number of methoxy groups -OCH3 is 2. The first-order valence-corrected chi connectivity index (χ1v) is 11.6. The number of carbonyl (C=O) groups excluding carboxylic acids is 2. The molecule has 178 valence electrons. The van der Waals surface area contributed by atoms with Crippen LogP contribution in [0.3, 0.4) is 0 Å². The predicted octanol–water partition coefficient (Wildman–Crippen LogP) is 4.04. The van der Waals surface area contributed by atoms with Crippen molar-refractivity contribution < 1.29 is 19.1 Å². The van der Waals surface area contributed by atoms with Gasteiger partial charge in [-0.3, -0.25) is 9.59 Å². The van der Waals surface area contributed by atoms with Crippen molar-refractivity contribution in [2.45, 2.75) is 6.54 Å². The highest BCUT2D eigenvalue weighted by molar-refractivity contribution is 7.10. The molecule has 0 atom stereocenters. The van der Waals surface area contributed by atoms with Crippen molar-refractivity contribution in [3.05, 3.63) is 100 Å². The van der Waals surface area contributed by atoms with Crippen LogP contribution in [0.25, 0.3) is 11.8 Å². The molecule has 0 aliphatic carbocycles. The maximum Gasteiger partial charge on any atom is 0.268 e. The van der Waals surface area contributed by atoms with Crippen LogP contribution in [0.2, 0.25) is 0 Å². The molecule has 0 aliphatic heterocycles. The molecule has 2 heterocycles. The lowest BCUT2D eigenvalue weighted by Gasteiger charge is -2.13. The highest BCUT2D eigenvalue weighted by Crippen LogP contribution is 2.27. The molecule has 8 nitrogen and oxygen atoms in total. The molecule has 4 aromatic rings. The second-order valence-electron chi connectivity index (χ2n) is 7.42. The summed E-state index contributed by atoms with van der Waals surface area (Å²) in [5.41, 5.74) is 2.37. The molecular formula is C26H24N4O4S. The molecule has 2 aromatic heterocycles. The molecule has 9 heteroatoms. The van der Waals surface area contributed by atoms with E-state index in [0.717, 1.165) is 16.1 Å². The topological polar surface area (TPSA) is 94.5 Å². The Labute approximate surface area is 206 Å². The number of aromatic nitrogens is 2. The van der Waals surface area contributed by atoms with E-state index in [4.69, 9.17) is 9.47 Å². The minimum atomic E-state index is -0.436. The fraction of sp³-hybridized carbons (Fsp3) is 0.115. The van der Waals surface area contributed by atoms with Crippen molar-refractivity contribution >= 4 is 29.2 Å². The summed E-state index contributed by atoms with van der Waals surface area (Å²) in [6.07, 6.45) is 6.95. The minimum absolute atomic E-state index is 0.141. The normalized spacial score (nSPS) is 11.1. The van der Waals surface area contributed by atoms with E-state index in [-0.39, 0.29) is 5.70 Å². The first-order valence-electron chi connectivity index (χ1n) is 10.7. The van der Waals surface area contributed by atoms with Crippen molar-refractivity contribution in [2.75, 3.05) is 14.2 Å². The Morgan fingerprint density at radius 3 is 2.51 bits per heavy atom. The van der Waals surface area contributed by atoms with Gasteiger partial charge in [-0.1, -0.05) is 18.2 Å². The van der Waals surface area contributed by atoms with E-state index < -0.39 is 11.8 Å². The summed E-state index contributed by atoms with van der Waals surface area (Å²) >= 11 is 1.47. The van der Waals surface area contributed by atoms with Crippen molar-refractivity contribution in [1.82, 2.24) is 20.2 Å². The number of benzene rings is 2. The second-order valence-corrected chi connectivity index (χ2v) is 8.40. The van der Waals surface area contributed by atoms with E-state index in [2.05, 4.69) is 15.6 Å². The van der Waals surface area contributed by atoms with E-state index in [9.17, 15) is 9.59 Å². The molecular weight excluding hydrogens is 464 g/mol. The van der Waals surface area contributed by atoms with E-state index in [0.29, 0.717) is 23.6 Å². The van der Waals surface area contributed by atoms with Crippen LogP contribution in [-0.2, 0) is 11.3 Å². The van der Waals surface area contributed by atoms with Gasteiger partial charge in [-0.25, -0.2) is 4.98 Å². The maximum atomic E-state index is 13.0. The second kappa shape index (κ2) is 11.2. The van der Waals surface area contributed by atoms with E-state index in [1.165, 1.54) is 25.6 Å². The summed E-state index contributed by atoms with van der Waals surface area (Å²) in [6.45, 7) is 0.303. The van der Waals surface area contributed by atoms with Gasteiger partial charge in [-0.15, -0.1) is 11.3 Å². The van der Waals surface area contributed by atoms with Crippen molar-refractivity contribution in [1.29, 1.82) is 0 Å². The van der Waals surface area contributed by atoms with Gasteiger partial charge < -0.3 is 24.7 Å². The number of ether oxygens (including phenoxy) is 2. The Hall–Kier alpha value is -4.37. The summed E-state index contributed by atoms with van der Waals surface area (Å²) in [5, 5.41) is 7.52. The van der Waals surface area contributed by atoms with Gasteiger partial charge in [0.15, 0.2) is 11.5 Å². The molecule has 0 fully saturated rings. The van der Waals surface area contributed by atoms with Crippen LogP contribution in [-0.4, -0.2) is 35.6 Å². The molecule has 2 amide bonds. The van der Waals surface area contributed by atoms with Gasteiger partial charge in [-0.05, 0) is 53.4 Å². The third-order valence-corrected chi connectivity index (χ3v) is 5.98. The molecule has 2 aromatic carbocycles. The van der Waals surface area contributed by atoms with Crippen LogP contribution in [0, 0.1) is 0 Å². The van der Waals surface area contributed by atoms with E-state index in [1.807, 2.05) is 52.5 Å². The first kappa shape index (κ1) is 23.8. The number of amides is 2. The summed E-state index contributed by atoms with van der Waals surface area (Å²) in [6, 6.07) is 16.3. The van der Waals surface area contributed by atoms with Gasteiger partial charge in [0.05, 0.1) is 20.5 Å². The van der Waals surface area contributed by atoms with Crippen molar-refractivity contribution in [3.8, 4) is 17.2 Å². The highest BCUT2D eigenvalue weighted by Gasteiger charge is 2.17. The monoisotopic (exact) mass is 488 g/mol. The Morgan fingerprint density at radius 2 is 1.86 bits per heavy atom. The number of nitrogens with zero attached hydrogens (tertiary/aromatic N) is 2. The van der Waals surface area contributed by atoms with Gasteiger partial charge in [0.2, 0.25) is 0 Å². The quantitative estimate of drug-likeness (QED) is 0.347. The number of rotatable bonds is 9. The van der Waals surface area contributed by atoms with E-state index in [1.54, 1.807) is 36.8 Å². The van der Waals surface area contributed by atoms with Gasteiger partial charge in [-0.2, -0.15) is 0 Å². The lowest BCUT2D eigenvalue weighted by Crippen LogP contribution is -2.34. The van der Waals surface area contributed by atoms with Crippen LogP contribution in [0.1, 0.15) is 20.8 Å². The van der Waals surface area contributed by atoms with Crippen LogP contribution >= 0.6 is 11.3 Å². The van der Waals surface area contributed by atoms with Gasteiger partial charge in [0, 0.05) is 35.1 Å². The van der Waals surface area contributed by atoms with Crippen LogP contribution < -0.4 is 20.1 Å².